The molecule has 0 aromatic heterocycles. The normalized spacial score (nSPS) is 24.0. The van der Waals surface area contributed by atoms with E-state index in [2.05, 4.69) is 0 Å². The molecule has 19 heavy (non-hydrogen) atoms. The van der Waals surface area contributed by atoms with Crippen molar-refractivity contribution in [1.29, 1.82) is 0 Å². The van der Waals surface area contributed by atoms with Crippen LogP contribution < -0.4 is 9.47 Å². The van der Waals surface area contributed by atoms with Crippen LogP contribution in [0.15, 0.2) is 30.4 Å². The van der Waals surface area contributed by atoms with Crippen LogP contribution in [-0.4, -0.2) is 26.0 Å². The van der Waals surface area contributed by atoms with Crippen LogP contribution >= 0.6 is 0 Å². The SMILES string of the molecule is O=C1CCOC(c2ccc3c(c2)OCO3)/C=C\CO1. The molecule has 3 rings (SSSR count). The molecule has 2 aliphatic heterocycles. The van der Waals surface area contributed by atoms with Crippen LogP contribution in [0.5, 0.6) is 11.5 Å². The average molecular weight is 262 g/mol. The molecule has 0 bridgehead atoms. The number of esters is 1. The number of rotatable bonds is 1. The van der Waals surface area contributed by atoms with E-state index in [4.69, 9.17) is 18.9 Å². The van der Waals surface area contributed by atoms with Crippen LogP contribution in [0.2, 0.25) is 0 Å². The van der Waals surface area contributed by atoms with Crippen molar-refractivity contribution in [3.8, 4) is 11.5 Å². The quantitative estimate of drug-likeness (QED) is 0.572. The number of benzene rings is 1. The number of carbonyl (C=O) groups is 1. The van der Waals surface area contributed by atoms with Crippen LogP contribution in [-0.2, 0) is 14.3 Å². The molecule has 2 aliphatic rings. The third-order valence-corrected chi connectivity index (χ3v) is 2.98. The van der Waals surface area contributed by atoms with E-state index in [0.29, 0.717) is 6.61 Å². The molecule has 0 fully saturated rings. The molecule has 100 valence electrons. The van der Waals surface area contributed by atoms with Gasteiger partial charge in [-0.2, -0.15) is 0 Å². The first-order valence-electron chi connectivity index (χ1n) is 6.16. The Morgan fingerprint density at radius 3 is 2.95 bits per heavy atom. The Labute approximate surface area is 110 Å². The Morgan fingerprint density at radius 2 is 2.00 bits per heavy atom. The molecule has 0 spiro atoms. The molecule has 1 aromatic carbocycles. The van der Waals surface area contributed by atoms with Gasteiger partial charge in [-0.25, -0.2) is 0 Å². The molecule has 0 saturated carbocycles. The first kappa shape index (κ1) is 12.0. The molecular formula is C14H14O5. The third-order valence-electron chi connectivity index (χ3n) is 2.98. The molecule has 2 heterocycles. The maximum absolute atomic E-state index is 11.2. The van der Waals surface area contributed by atoms with Gasteiger partial charge >= 0.3 is 5.97 Å². The van der Waals surface area contributed by atoms with Crippen molar-refractivity contribution in [2.45, 2.75) is 12.5 Å². The summed E-state index contributed by atoms with van der Waals surface area (Å²) in [5, 5.41) is 0. The van der Waals surface area contributed by atoms with E-state index in [-0.39, 0.29) is 31.9 Å². The maximum Gasteiger partial charge on any atom is 0.308 e. The highest BCUT2D eigenvalue weighted by molar-refractivity contribution is 5.69. The van der Waals surface area contributed by atoms with Gasteiger partial charge in [-0.15, -0.1) is 0 Å². The number of hydrogen-bond donors (Lipinski definition) is 0. The molecule has 1 unspecified atom stereocenters. The standard InChI is InChI=1S/C14H14O5/c15-14-5-7-16-11(2-1-6-17-14)10-3-4-12-13(8-10)19-9-18-12/h1-4,8,11H,5-7,9H2/b2-1-. The topological polar surface area (TPSA) is 54.0 Å². The Morgan fingerprint density at radius 1 is 1.11 bits per heavy atom. The van der Waals surface area contributed by atoms with Crippen LogP contribution in [0.25, 0.3) is 0 Å². The monoisotopic (exact) mass is 262 g/mol. The Bertz CT molecular complexity index is 509. The van der Waals surface area contributed by atoms with E-state index in [0.717, 1.165) is 17.1 Å². The predicted octanol–water partition coefficient (Wildman–Crippen LogP) is 1.98. The van der Waals surface area contributed by atoms with Crippen LogP contribution in [0.3, 0.4) is 0 Å². The summed E-state index contributed by atoms with van der Waals surface area (Å²) in [6.45, 7) is 0.869. The zero-order chi connectivity index (χ0) is 13.1. The van der Waals surface area contributed by atoms with Crippen molar-refractivity contribution in [2.24, 2.45) is 0 Å². The molecule has 0 aliphatic carbocycles. The molecule has 0 N–H and O–H groups in total. The van der Waals surface area contributed by atoms with Gasteiger partial charge in [0.1, 0.15) is 12.7 Å². The first-order chi connectivity index (χ1) is 9.33. The number of cyclic esters (lactones) is 1. The summed E-state index contributed by atoms with van der Waals surface area (Å²) in [4.78, 5) is 11.2. The smallest absolute Gasteiger partial charge is 0.308 e. The zero-order valence-corrected chi connectivity index (χ0v) is 10.3. The molecule has 5 nitrogen and oxygen atoms in total. The van der Waals surface area contributed by atoms with E-state index in [1.54, 1.807) is 6.08 Å². The summed E-state index contributed by atoms with van der Waals surface area (Å²) in [6.07, 6.45) is 3.74. The summed E-state index contributed by atoms with van der Waals surface area (Å²) in [6, 6.07) is 5.70. The number of hydrogen-bond acceptors (Lipinski definition) is 5. The second kappa shape index (κ2) is 5.32. The van der Waals surface area contributed by atoms with Crippen molar-refractivity contribution in [3.05, 3.63) is 35.9 Å². The Kier molecular flexibility index (Phi) is 3.37. The molecule has 1 aromatic rings. The number of ether oxygens (including phenoxy) is 4. The fourth-order valence-electron chi connectivity index (χ4n) is 2.01. The van der Waals surface area contributed by atoms with Gasteiger partial charge in [0.05, 0.1) is 13.0 Å². The molecule has 0 saturated heterocycles. The summed E-state index contributed by atoms with van der Waals surface area (Å²) in [5.74, 6) is 1.23. The molecule has 0 amide bonds. The first-order valence-corrected chi connectivity index (χ1v) is 6.16. The minimum absolute atomic E-state index is 0.205. The predicted molar refractivity (Wildman–Crippen MR) is 66.0 cm³/mol. The zero-order valence-electron chi connectivity index (χ0n) is 10.3. The van der Waals surface area contributed by atoms with E-state index >= 15 is 0 Å². The number of carbonyl (C=O) groups excluding carboxylic acids is 1. The fourth-order valence-corrected chi connectivity index (χ4v) is 2.01. The van der Waals surface area contributed by atoms with Crippen molar-refractivity contribution < 1.29 is 23.7 Å². The summed E-state index contributed by atoms with van der Waals surface area (Å²) >= 11 is 0. The van der Waals surface area contributed by atoms with Gasteiger partial charge in [-0.1, -0.05) is 12.1 Å². The molecule has 5 heteroatoms. The van der Waals surface area contributed by atoms with Crippen LogP contribution in [0.4, 0.5) is 0 Å². The lowest BCUT2D eigenvalue weighted by atomic mass is 10.1. The maximum atomic E-state index is 11.2. The summed E-state index contributed by atoms with van der Waals surface area (Å²) in [7, 11) is 0. The van der Waals surface area contributed by atoms with Gasteiger partial charge in [-0.3, -0.25) is 4.79 Å². The van der Waals surface area contributed by atoms with E-state index in [1.807, 2.05) is 24.3 Å². The highest BCUT2D eigenvalue weighted by Gasteiger charge is 2.18. The van der Waals surface area contributed by atoms with Gasteiger partial charge < -0.3 is 18.9 Å². The lowest BCUT2D eigenvalue weighted by Gasteiger charge is -2.14. The molecule has 0 radical (unpaired) electrons. The van der Waals surface area contributed by atoms with E-state index in [1.165, 1.54) is 0 Å². The Balaban J connectivity index is 1.79. The highest BCUT2D eigenvalue weighted by atomic mass is 16.7. The second-order valence-corrected chi connectivity index (χ2v) is 4.27. The van der Waals surface area contributed by atoms with E-state index in [9.17, 15) is 4.79 Å². The van der Waals surface area contributed by atoms with E-state index < -0.39 is 0 Å². The largest absolute Gasteiger partial charge is 0.461 e. The Hall–Kier alpha value is -2.01. The van der Waals surface area contributed by atoms with Crippen molar-refractivity contribution >= 4 is 5.97 Å². The lowest BCUT2D eigenvalue weighted by molar-refractivity contribution is -0.143. The minimum Gasteiger partial charge on any atom is -0.461 e. The van der Waals surface area contributed by atoms with Crippen molar-refractivity contribution in [2.75, 3.05) is 20.0 Å². The third kappa shape index (κ3) is 2.71. The summed E-state index contributed by atoms with van der Waals surface area (Å²) in [5.41, 5.74) is 0.967. The van der Waals surface area contributed by atoms with Crippen molar-refractivity contribution in [3.63, 3.8) is 0 Å². The van der Waals surface area contributed by atoms with Gasteiger partial charge in [0.15, 0.2) is 11.5 Å². The van der Waals surface area contributed by atoms with Gasteiger partial charge in [0.25, 0.3) is 0 Å². The minimum atomic E-state index is -0.240. The fraction of sp³-hybridized carbons (Fsp3) is 0.357. The van der Waals surface area contributed by atoms with Crippen molar-refractivity contribution in [1.82, 2.24) is 0 Å². The van der Waals surface area contributed by atoms with Crippen LogP contribution in [0, 0.1) is 0 Å². The highest BCUT2D eigenvalue weighted by Crippen LogP contribution is 2.35. The van der Waals surface area contributed by atoms with Gasteiger partial charge in [0.2, 0.25) is 6.79 Å². The average Bonchev–Trinajstić information content (AvgIpc) is 2.90. The van der Waals surface area contributed by atoms with Gasteiger partial charge in [0, 0.05) is 0 Å². The van der Waals surface area contributed by atoms with Crippen LogP contribution in [0.1, 0.15) is 18.1 Å². The number of fused-ring (bicyclic) bond motifs is 1. The van der Waals surface area contributed by atoms with Gasteiger partial charge in [-0.05, 0) is 23.8 Å². The lowest BCUT2D eigenvalue weighted by Crippen LogP contribution is -2.08. The molecule has 1 atom stereocenters. The second-order valence-electron chi connectivity index (χ2n) is 4.27. The summed E-state index contributed by atoms with van der Waals surface area (Å²) < 4.78 is 21.3. The molecular weight excluding hydrogens is 248 g/mol.